The number of rotatable bonds is 6. The van der Waals surface area contributed by atoms with Gasteiger partial charge in [-0.25, -0.2) is 9.97 Å². The molecule has 1 aliphatic heterocycles. The smallest absolute Gasteiger partial charge is 0.159 e. The number of morpholine rings is 1. The summed E-state index contributed by atoms with van der Waals surface area (Å²) in [5, 5.41) is 18.4. The molecule has 1 saturated carbocycles. The van der Waals surface area contributed by atoms with Crippen LogP contribution in [-0.2, 0) is 11.8 Å². The predicted molar refractivity (Wildman–Crippen MR) is 140 cm³/mol. The maximum Gasteiger partial charge on any atom is 0.159 e. The molecule has 6 rings (SSSR count). The van der Waals surface area contributed by atoms with Gasteiger partial charge in [-0.3, -0.25) is 14.3 Å². The molecule has 0 spiro atoms. The van der Waals surface area contributed by atoms with E-state index in [-0.39, 0.29) is 12.7 Å². The van der Waals surface area contributed by atoms with Crippen LogP contribution in [0.2, 0.25) is 0 Å². The lowest BCUT2D eigenvalue weighted by Gasteiger charge is -2.40. The molecular weight excluding hydrogens is 466 g/mol. The summed E-state index contributed by atoms with van der Waals surface area (Å²) >= 11 is 0. The van der Waals surface area contributed by atoms with Crippen LogP contribution in [-0.4, -0.2) is 71.9 Å². The summed E-state index contributed by atoms with van der Waals surface area (Å²) in [6.07, 6.45) is 15.9. The topological polar surface area (TPSA) is 94.1 Å². The SMILES string of the molecule is Cn1cc(-c2cccc(-c3ncc(-c4cnn(C5CC[C](N6CCO[C@H](CO)C6)CC5)c4)cn3)c2)cn1. The molecule has 1 atom stereocenters. The molecular formula is C28H32N7O2. The largest absolute Gasteiger partial charge is 0.394 e. The summed E-state index contributed by atoms with van der Waals surface area (Å²) in [4.78, 5) is 11.7. The number of aryl methyl sites for hydroxylation is 1. The van der Waals surface area contributed by atoms with Crippen molar-refractivity contribution in [1.29, 1.82) is 0 Å². The van der Waals surface area contributed by atoms with Gasteiger partial charge in [-0.2, -0.15) is 10.2 Å². The Labute approximate surface area is 216 Å². The van der Waals surface area contributed by atoms with Crippen LogP contribution in [0.5, 0.6) is 0 Å². The predicted octanol–water partition coefficient (Wildman–Crippen LogP) is 3.75. The highest BCUT2D eigenvalue weighted by Crippen LogP contribution is 2.36. The lowest BCUT2D eigenvalue weighted by atomic mass is 9.90. The third-order valence-corrected chi connectivity index (χ3v) is 7.44. The Morgan fingerprint density at radius 2 is 1.68 bits per heavy atom. The summed E-state index contributed by atoms with van der Waals surface area (Å²) in [6, 6.07) is 10.1. The first-order chi connectivity index (χ1) is 18.2. The van der Waals surface area contributed by atoms with Gasteiger partial charge in [0.2, 0.25) is 0 Å². The number of benzene rings is 1. The molecule has 0 unspecified atom stereocenters. The second-order valence-electron chi connectivity index (χ2n) is 9.91. The Morgan fingerprint density at radius 3 is 2.43 bits per heavy atom. The van der Waals surface area contributed by atoms with Gasteiger partial charge in [-0.15, -0.1) is 0 Å². The van der Waals surface area contributed by atoms with Crippen molar-refractivity contribution in [2.75, 3.05) is 26.3 Å². The van der Waals surface area contributed by atoms with Crippen LogP contribution in [0, 0.1) is 6.04 Å². The zero-order chi connectivity index (χ0) is 25.2. The Kier molecular flexibility index (Phi) is 6.82. The highest BCUT2D eigenvalue weighted by molar-refractivity contribution is 5.70. The summed E-state index contributed by atoms with van der Waals surface area (Å²) in [5.41, 5.74) is 5.13. The van der Waals surface area contributed by atoms with Crippen LogP contribution in [0.15, 0.2) is 61.4 Å². The fourth-order valence-electron chi connectivity index (χ4n) is 5.35. The van der Waals surface area contributed by atoms with Crippen LogP contribution in [0.1, 0.15) is 31.7 Å². The number of aliphatic hydroxyl groups excluding tert-OH is 1. The molecule has 1 saturated heterocycles. The van der Waals surface area contributed by atoms with E-state index in [1.807, 2.05) is 50.2 Å². The molecule has 4 aromatic rings. The molecule has 0 bridgehead atoms. The fourth-order valence-corrected chi connectivity index (χ4v) is 5.35. The summed E-state index contributed by atoms with van der Waals surface area (Å²) < 4.78 is 9.51. The van der Waals surface area contributed by atoms with Gasteiger partial charge in [0.25, 0.3) is 0 Å². The van der Waals surface area contributed by atoms with E-state index in [1.54, 1.807) is 4.68 Å². The Bertz CT molecular complexity index is 1320. The maximum absolute atomic E-state index is 9.44. The third-order valence-electron chi connectivity index (χ3n) is 7.44. The Balaban J connectivity index is 1.10. The zero-order valence-corrected chi connectivity index (χ0v) is 21.1. The number of nitrogens with zero attached hydrogens (tertiary/aromatic N) is 7. The van der Waals surface area contributed by atoms with Crippen molar-refractivity contribution in [3.8, 4) is 33.6 Å². The first-order valence-electron chi connectivity index (χ1n) is 12.9. The minimum atomic E-state index is -0.0636. The molecule has 37 heavy (non-hydrogen) atoms. The van der Waals surface area contributed by atoms with Crippen molar-refractivity contribution in [1.82, 2.24) is 34.4 Å². The van der Waals surface area contributed by atoms with Gasteiger partial charge in [0, 0.05) is 73.2 Å². The fraction of sp³-hybridized carbons (Fsp3) is 0.393. The molecule has 2 fully saturated rings. The van der Waals surface area contributed by atoms with Crippen LogP contribution in [0.3, 0.4) is 0 Å². The number of aliphatic hydroxyl groups is 1. The molecule has 4 heterocycles. The van der Waals surface area contributed by atoms with E-state index in [0.29, 0.717) is 18.5 Å². The van der Waals surface area contributed by atoms with Crippen LogP contribution in [0.25, 0.3) is 33.6 Å². The van der Waals surface area contributed by atoms with E-state index in [4.69, 9.17) is 4.74 Å². The highest BCUT2D eigenvalue weighted by atomic mass is 16.5. The van der Waals surface area contributed by atoms with E-state index in [1.165, 1.54) is 6.04 Å². The monoisotopic (exact) mass is 498 g/mol. The minimum absolute atomic E-state index is 0.0636. The van der Waals surface area contributed by atoms with Crippen molar-refractivity contribution in [2.45, 2.75) is 37.8 Å². The lowest BCUT2D eigenvalue weighted by Crippen LogP contribution is -2.46. The highest BCUT2D eigenvalue weighted by Gasteiger charge is 2.31. The van der Waals surface area contributed by atoms with Crippen molar-refractivity contribution in [3.63, 3.8) is 0 Å². The van der Waals surface area contributed by atoms with E-state index in [0.717, 1.165) is 66.6 Å². The average molecular weight is 499 g/mol. The van der Waals surface area contributed by atoms with Crippen molar-refractivity contribution >= 4 is 0 Å². The molecule has 191 valence electrons. The van der Waals surface area contributed by atoms with E-state index >= 15 is 0 Å². The van der Waals surface area contributed by atoms with Crippen molar-refractivity contribution in [2.24, 2.45) is 7.05 Å². The lowest BCUT2D eigenvalue weighted by molar-refractivity contribution is -0.0542. The quantitative estimate of drug-likeness (QED) is 0.433. The van der Waals surface area contributed by atoms with Crippen molar-refractivity contribution < 1.29 is 9.84 Å². The number of ether oxygens (including phenoxy) is 1. The van der Waals surface area contributed by atoms with Gasteiger partial charge in [0.05, 0.1) is 37.8 Å². The zero-order valence-electron chi connectivity index (χ0n) is 21.1. The standard InChI is InChI=1S/C28H32N7O2/c1-33-16-23(14-31-33)20-3-2-4-21(11-20)28-29-12-22(13-30-28)24-15-32-35(17-24)26-7-5-25(6-8-26)34-9-10-37-27(18-34)19-36/h2-4,11-17,26-27,36H,5-10,18-19H2,1H3/t27-/m0/s1. The summed E-state index contributed by atoms with van der Waals surface area (Å²) in [7, 11) is 1.92. The molecule has 1 N–H and O–H groups in total. The molecule has 1 aromatic carbocycles. The molecule has 0 amide bonds. The first-order valence-corrected chi connectivity index (χ1v) is 12.9. The van der Waals surface area contributed by atoms with Crippen LogP contribution in [0.4, 0.5) is 0 Å². The minimum Gasteiger partial charge on any atom is -0.394 e. The summed E-state index contributed by atoms with van der Waals surface area (Å²) in [6.45, 7) is 2.50. The van der Waals surface area contributed by atoms with E-state index in [9.17, 15) is 5.11 Å². The van der Waals surface area contributed by atoms with Crippen molar-refractivity contribution in [3.05, 3.63) is 67.5 Å². The Morgan fingerprint density at radius 1 is 0.919 bits per heavy atom. The Hall–Kier alpha value is -3.40. The maximum atomic E-state index is 9.44. The average Bonchev–Trinajstić information content (AvgIpc) is 3.63. The van der Waals surface area contributed by atoms with E-state index < -0.39 is 0 Å². The molecule has 9 heteroatoms. The van der Waals surface area contributed by atoms with Gasteiger partial charge in [-0.1, -0.05) is 18.2 Å². The van der Waals surface area contributed by atoms with Gasteiger partial charge >= 0.3 is 0 Å². The van der Waals surface area contributed by atoms with Crippen LogP contribution < -0.4 is 0 Å². The summed E-state index contributed by atoms with van der Waals surface area (Å²) in [5.74, 6) is 0.698. The third kappa shape index (κ3) is 5.20. The normalized spacial score (nSPS) is 19.9. The number of aromatic nitrogens is 6. The van der Waals surface area contributed by atoms with Crippen LogP contribution >= 0.6 is 0 Å². The molecule has 1 radical (unpaired) electrons. The second-order valence-corrected chi connectivity index (χ2v) is 9.91. The van der Waals surface area contributed by atoms with Gasteiger partial charge < -0.3 is 9.84 Å². The number of hydrogen-bond donors (Lipinski definition) is 1. The molecule has 2 aliphatic rings. The first kappa shape index (κ1) is 24.0. The van der Waals surface area contributed by atoms with E-state index in [2.05, 4.69) is 48.1 Å². The van der Waals surface area contributed by atoms with Gasteiger partial charge in [0.1, 0.15) is 0 Å². The van der Waals surface area contributed by atoms with Gasteiger partial charge in [0.15, 0.2) is 5.82 Å². The number of hydrogen-bond acceptors (Lipinski definition) is 7. The molecule has 1 aliphatic carbocycles. The van der Waals surface area contributed by atoms with Gasteiger partial charge in [-0.05, 0) is 37.3 Å². The second kappa shape index (κ2) is 10.5. The molecule has 3 aromatic heterocycles. The molecule has 9 nitrogen and oxygen atoms in total.